The van der Waals surface area contributed by atoms with Crippen LogP contribution < -0.4 is 5.32 Å². The molecule has 3 nitrogen and oxygen atoms in total. The fraction of sp³-hybridized carbons (Fsp3) is 0.533. The van der Waals surface area contributed by atoms with Crippen molar-refractivity contribution < 1.29 is 13.9 Å². The van der Waals surface area contributed by atoms with Gasteiger partial charge in [-0.1, -0.05) is 6.07 Å². The maximum absolute atomic E-state index is 14.0. The van der Waals surface area contributed by atoms with E-state index in [1.165, 1.54) is 18.9 Å². The smallest absolute Gasteiger partial charge is 0.306 e. The average Bonchev–Trinajstić information content (AvgIpc) is 3.18. The SMILES string of the molecule is CNCc1ccc(SCC2(CC(=O)OC)CC2)c(F)c1. The quantitative estimate of drug-likeness (QED) is 0.620. The topological polar surface area (TPSA) is 38.3 Å². The molecule has 0 saturated heterocycles. The molecule has 0 atom stereocenters. The second kappa shape index (κ2) is 6.59. The van der Waals surface area contributed by atoms with E-state index in [0.717, 1.165) is 24.2 Å². The fourth-order valence-corrected chi connectivity index (χ4v) is 3.35. The van der Waals surface area contributed by atoms with Crippen molar-refractivity contribution in [2.75, 3.05) is 19.9 Å². The highest BCUT2D eigenvalue weighted by Gasteiger charge is 2.44. The van der Waals surface area contributed by atoms with E-state index in [4.69, 9.17) is 4.74 Å². The second-order valence-corrected chi connectivity index (χ2v) is 6.35. The first-order valence-electron chi connectivity index (χ1n) is 6.71. The zero-order chi connectivity index (χ0) is 14.6. The summed E-state index contributed by atoms with van der Waals surface area (Å²) in [7, 11) is 3.25. The molecule has 0 radical (unpaired) electrons. The Morgan fingerprint density at radius 1 is 1.50 bits per heavy atom. The Kier molecular flexibility index (Phi) is 5.05. The largest absolute Gasteiger partial charge is 0.469 e. The summed E-state index contributed by atoms with van der Waals surface area (Å²) in [5, 5.41) is 3.00. The van der Waals surface area contributed by atoms with Gasteiger partial charge in [0.2, 0.25) is 0 Å². The highest BCUT2D eigenvalue weighted by atomic mass is 32.2. The van der Waals surface area contributed by atoms with E-state index in [1.807, 2.05) is 19.2 Å². The molecule has 2 rings (SSSR count). The molecule has 0 unspecified atom stereocenters. The number of methoxy groups -OCH3 is 1. The predicted octanol–water partition coefficient (Wildman–Crippen LogP) is 2.98. The Labute approximate surface area is 123 Å². The lowest BCUT2D eigenvalue weighted by Crippen LogP contribution is -2.13. The van der Waals surface area contributed by atoms with Crippen molar-refractivity contribution >= 4 is 17.7 Å². The van der Waals surface area contributed by atoms with Gasteiger partial charge in [0.25, 0.3) is 0 Å². The minimum atomic E-state index is -0.184. The lowest BCUT2D eigenvalue weighted by Gasteiger charge is -2.13. The van der Waals surface area contributed by atoms with Crippen molar-refractivity contribution in [3.05, 3.63) is 29.6 Å². The molecule has 1 aromatic carbocycles. The molecule has 0 aliphatic heterocycles. The summed E-state index contributed by atoms with van der Waals surface area (Å²) in [5.41, 5.74) is 0.957. The Bertz CT molecular complexity index is 489. The van der Waals surface area contributed by atoms with Gasteiger partial charge in [0, 0.05) is 17.2 Å². The molecule has 0 spiro atoms. The van der Waals surface area contributed by atoms with E-state index in [9.17, 15) is 9.18 Å². The van der Waals surface area contributed by atoms with Crippen molar-refractivity contribution in [1.29, 1.82) is 0 Å². The van der Waals surface area contributed by atoms with Crippen LogP contribution in [0.3, 0.4) is 0 Å². The first kappa shape index (κ1) is 15.3. The number of carbonyl (C=O) groups is 1. The van der Waals surface area contributed by atoms with Crippen molar-refractivity contribution in [1.82, 2.24) is 5.32 Å². The highest BCUT2D eigenvalue weighted by molar-refractivity contribution is 7.99. The molecule has 20 heavy (non-hydrogen) atoms. The fourth-order valence-electron chi connectivity index (χ4n) is 2.13. The number of rotatable bonds is 7. The lowest BCUT2D eigenvalue weighted by molar-refractivity contribution is -0.141. The Morgan fingerprint density at radius 2 is 2.25 bits per heavy atom. The number of benzene rings is 1. The minimum Gasteiger partial charge on any atom is -0.469 e. The number of nitrogens with one attached hydrogen (secondary N) is 1. The molecule has 0 amide bonds. The van der Waals surface area contributed by atoms with Crippen molar-refractivity contribution in [2.24, 2.45) is 5.41 Å². The van der Waals surface area contributed by atoms with E-state index in [0.29, 0.717) is 17.9 Å². The predicted molar refractivity (Wildman–Crippen MR) is 78.2 cm³/mol. The lowest BCUT2D eigenvalue weighted by atomic mass is 10.1. The van der Waals surface area contributed by atoms with Gasteiger partial charge in [-0.2, -0.15) is 0 Å². The van der Waals surface area contributed by atoms with Crippen LogP contribution in [0.2, 0.25) is 0 Å². The van der Waals surface area contributed by atoms with E-state index in [-0.39, 0.29) is 17.2 Å². The molecule has 1 fully saturated rings. The normalized spacial score (nSPS) is 15.9. The molecule has 1 N–H and O–H groups in total. The monoisotopic (exact) mass is 297 g/mol. The molecular weight excluding hydrogens is 277 g/mol. The summed E-state index contributed by atoms with van der Waals surface area (Å²) in [5.74, 6) is 0.411. The summed E-state index contributed by atoms with van der Waals surface area (Å²) in [4.78, 5) is 12.0. The number of esters is 1. The molecule has 110 valence electrons. The van der Waals surface area contributed by atoms with Gasteiger partial charge in [0.15, 0.2) is 0 Å². The third-order valence-electron chi connectivity index (χ3n) is 3.62. The van der Waals surface area contributed by atoms with Crippen LogP contribution in [0.15, 0.2) is 23.1 Å². The van der Waals surface area contributed by atoms with Gasteiger partial charge in [0.1, 0.15) is 5.82 Å². The van der Waals surface area contributed by atoms with Crippen LogP contribution in [-0.4, -0.2) is 25.9 Å². The van der Waals surface area contributed by atoms with Crippen LogP contribution in [0.4, 0.5) is 4.39 Å². The number of hydrogen-bond donors (Lipinski definition) is 1. The minimum absolute atomic E-state index is 0.0217. The Balaban J connectivity index is 1.92. The molecule has 1 aromatic rings. The van der Waals surface area contributed by atoms with Gasteiger partial charge >= 0.3 is 5.97 Å². The van der Waals surface area contributed by atoms with Crippen LogP contribution in [0.1, 0.15) is 24.8 Å². The first-order valence-corrected chi connectivity index (χ1v) is 7.70. The molecule has 1 saturated carbocycles. The van der Waals surface area contributed by atoms with Gasteiger partial charge in [-0.15, -0.1) is 11.8 Å². The number of carbonyl (C=O) groups excluding carboxylic acids is 1. The summed E-state index contributed by atoms with van der Waals surface area (Å²) in [6.45, 7) is 0.661. The van der Waals surface area contributed by atoms with Crippen molar-refractivity contribution in [3.63, 3.8) is 0 Å². The molecular formula is C15H20FNO2S. The number of ether oxygens (including phenoxy) is 1. The molecule has 5 heteroatoms. The molecule has 1 aliphatic rings. The van der Waals surface area contributed by atoms with Gasteiger partial charge in [0.05, 0.1) is 13.5 Å². The highest BCUT2D eigenvalue weighted by Crippen LogP contribution is 2.52. The number of halogens is 1. The standard InChI is InChI=1S/C15H20FNO2S/c1-17-9-11-3-4-13(12(16)7-11)20-10-15(5-6-15)8-14(18)19-2/h3-4,7,17H,5-6,8-10H2,1-2H3. The van der Waals surface area contributed by atoms with Crippen molar-refractivity contribution in [2.45, 2.75) is 30.7 Å². The summed E-state index contributed by atoms with van der Waals surface area (Å²) < 4.78 is 18.7. The van der Waals surface area contributed by atoms with Gasteiger partial charge in [-0.05, 0) is 43.0 Å². The van der Waals surface area contributed by atoms with Gasteiger partial charge in [-0.3, -0.25) is 4.79 Å². The summed E-state index contributed by atoms with van der Waals surface area (Å²) >= 11 is 1.49. The van der Waals surface area contributed by atoms with Gasteiger partial charge < -0.3 is 10.1 Å². The third kappa shape index (κ3) is 3.96. The Morgan fingerprint density at radius 3 is 2.80 bits per heavy atom. The molecule has 1 aliphatic carbocycles. The number of thioether (sulfide) groups is 1. The second-order valence-electron chi connectivity index (χ2n) is 5.34. The van der Waals surface area contributed by atoms with E-state index < -0.39 is 0 Å². The van der Waals surface area contributed by atoms with Crippen LogP contribution in [0, 0.1) is 11.2 Å². The number of hydrogen-bond acceptors (Lipinski definition) is 4. The molecule has 0 aromatic heterocycles. The zero-order valence-corrected chi connectivity index (χ0v) is 12.7. The van der Waals surface area contributed by atoms with Crippen LogP contribution in [0.25, 0.3) is 0 Å². The van der Waals surface area contributed by atoms with E-state index >= 15 is 0 Å². The van der Waals surface area contributed by atoms with Crippen molar-refractivity contribution in [3.8, 4) is 0 Å². The van der Waals surface area contributed by atoms with Crippen LogP contribution in [-0.2, 0) is 16.1 Å². The van der Waals surface area contributed by atoms with Crippen LogP contribution in [0.5, 0.6) is 0 Å². The molecule has 0 bridgehead atoms. The Hall–Kier alpha value is -1.07. The zero-order valence-electron chi connectivity index (χ0n) is 11.9. The molecule has 0 heterocycles. The maximum atomic E-state index is 14.0. The summed E-state index contributed by atoms with van der Waals surface area (Å²) in [6.07, 6.45) is 2.49. The average molecular weight is 297 g/mol. The third-order valence-corrected chi connectivity index (χ3v) is 5.01. The van der Waals surface area contributed by atoms with E-state index in [1.54, 1.807) is 6.07 Å². The van der Waals surface area contributed by atoms with Crippen LogP contribution >= 0.6 is 11.8 Å². The summed E-state index contributed by atoms with van der Waals surface area (Å²) in [6, 6.07) is 5.32. The van der Waals surface area contributed by atoms with Gasteiger partial charge in [-0.25, -0.2) is 4.39 Å². The maximum Gasteiger partial charge on any atom is 0.306 e. The van der Waals surface area contributed by atoms with E-state index in [2.05, 4.69) is 5.32 Å². The first-order chi connectivity index (χ1) is 9.58.